The molecule has 3 rings (SSSR count). The lowest BCUT2D eigenvalue weighted by molar-refractivity contribution is -0.116. The van der Waals surface area contributed by atoms with Gasteiger partial charge in [-0.25, -0.2) is 4.79 Å². The van der Waals surface area contributed by atoms with E-state index in [2.05, 4.69) is 5.32 Å². The summed E-state index contributed by atoms with van der Waals surface area (Å²) in [5, 5.41) is 2.96. The molecule has 1 heterocycles. The van der Waals surface area contributed by atoms with Crippen LogP contribution in [-0.2, 0) is 16.1 Å². The van der Waals surface area contributed by atoms with Crippen molar-refractivity contribution in [2.45, 2.75) is 34.2 Å². The third-order valence-electron chi connectivity index (χ3n) is 4.93. The van der Waals surface area contributed by atoms with Crippen LogP contribution in [0.5, 0.6) is 0 Å². The van der Waals surface area contributed by atoms with Gasteiger partial charge in [-0.05, 0) is 51.0 Å². The highest BCUT2D eigenvalue weighted by Gasteiger charge is 2.21. The fraction of sp³-hybridized carbons (Fsp3) is 0.250. The van der Waals surface area contributed by atoms with E-state index >= 15 is 0 Å². The lowest BCUT2D eigenvalue weighted by atomic mass is 10.1. The number of amides is 1. The van der Waals surface area contributed by atoms with E-state index in [1.807, 2.05) is 73.9 Å². The number of esters is 1. The number of para-hydroxylation sites is 1. The highest BCUT2D eigenvalue weighted by atomic mass is 16.5. The van der Waals surface area contributed by atoms with Gasteiger partial charge in [0.15, 0.2) is 0 Å². The van der Waals surface area contributed by atoms with Gasteiger partial charge in [-0.3, -0.25) is 4.79 Å². The van der Waals surface area contributed by atoms with Crippen molar-refractivity contribution in [1.29, 1.82) is 0 Å². The minimum Gasteiger partial charge on any atom is -0.462 e. The van der Waals surface area contributed by atoms with Crippen molar-refractivity contribution < 1.29 is 14.3 Å². The molecule has 0 spiro atoms. The van der Waals surface area contributed by atoms with Crippen LogP contribution in [-0.4, -0.2) is 23.1 Å². The highest BCUT2D eigenvalue weighted by Crippen LogP contribution is 2.27. The van der Waals surface area contributed by atoms with Crippen LogP contribution in [0.25, 0.3) is 11.3 Å². The van der Waals surface area contributed by atoms with E-state index in [-0.39, 0.29) is 18.4 Å². The Hall–Kier alpha value is -3.34. The molecule has 0 atom stereocenters. The van der Waals surface area contributed by atoms with Crippen molar-refractivity contribution in [2.24, 2.45) is 0 Å². The number of hydrogen-bond acceptors (Lipinski definition) is 3. The van der Waals surface area contributed by atoms with Crippen molar-refractivity contribution in [3.8, 4) is 11.3 Å². The molecule has 0 unspecified atom stereocenters. The normalized spacial score (nSPS) is 10.6. The topological polar surface area (TPSA) is 60.3 Å². The summed E-state index contributed by atoms with van der Waals surface area (Å²) in [6, 6.07) is 17.5. The van der Waals surface area contributed by atoms with E-state index in [0.29, 0.717) is 17.9 Å². The number of rotatable bonds is 6. The van der Waals surface area contributed by atoms with Crippen LogP contribution in [0, 0.1) is 20.8 Å². The molecule has 0 fully saturated rings. The summed E-state index contributed by atoms with van der Waals surface area (Å²) in [4.78, 5) is 25.2. The molecular weight excluding hydrogens is 364 g/mol. The summed E-state index contributed by atoms with van der Waals surface area (Å²) in [7, 11) is 0. The van der Waals surface area contributed by atoms with E-state index < -0.39 is 0 Å². The first-order valence-corrected chi connectivity index (χ1v) is 9.70. The maximum absolute atomic E-state index is 12.8. The molecule has 0 bridgehead atoms. The maximum Gasteiger partial charge on any atom is 0.339 e. The molecule has 1 aromatic heterocycles. The Morgan fingerprint density at radius 3 is 2.34 bits per heavy atom. The van der Waals surface area contributed by atoms with Gasteiger partial charge >= 0.3 is 5.97 Å². The van der Waals surface area contributed by atoms with Gasteiger partial charge in [-0.1, -0.05) is 48.0 Å². The van der Waals surface area contributed by atoms with Gasteiger partial charge in [0.1, 0.15) is 6.54 Å². The van der Waals surface area contributed by atoms with Crippen LogP contribution in [0.1, 0.15) is 34.1 Å². The third kappa shape index (κ3) is 4.57. The highest BCUT2D eigenvalue weighted by molar-refractivity contribution is 5.95. The van der Waals surface area contributed by atoms with Crippen LogP contribution < -0.4 is 5.32 Å². The number of hydrogen-bond donors (Lipinski definition) is 1. The Kier molecular flexibility index (Phi) is 6.17. The number of anilines is 1. The van der Waals surface area contributed by atoms with Gasteiger partial charge in [0.05, 0.1) is 12.2 Å². The fourth-order valence-corrected chi connectivity index (χ4v) is 3.27. The summed E-state index contributed by atoms with van der Waals surface area (Å²) >= 11 is 0. The minimum absolute atomic E-state index is 0.1000. The molecule has 0 radical (unpaired) electrons. The first-order valence-electron chi connectivity index (χ1n) is 9.70. The van der Waals surface area contributed by atoms with Crippen LogP contribution in [0.2, 0.25) is 0 Å². The summed E-state index contributed by atoms with van der Waals surface area (Å²) in [5.41, 5.74) is 5.86. The van der Waals surface area contributed by atoms with Gasteiger partial charge in [0.2, 0.25) is 5.91 Å². The average molecular weight is 390 g/mol. The number of aryl methyl sites for hydroxylation is 2. The molecule has 0 saturated carbocycles. The molecule has 0 saturated heterocycles. The van der Waals surface area contributed by atoms with E-state index in [1.54, 1.807) is 13.0 Å². The molecule has 1 N–H and O–H groups in total. The first-order chi connectivity index (χ1) is 13.9. The van der Waals surface area contributed by atoms with E-state index in [4.69, 9.17) is 4.74 Å². The lowest BCUT2D eigenvalue weighted by Gasteiger charge is -2.13. The largest absolute Gasteiger partial charge is 0.462 e. The van der Waals surface area contributed by atoms with Crippen molar-refractivity contribution >= 4 is 17.6 Å². The standard InChI is InChI=1S/C24H26N2O3/c1-5-29-24(28)20-14-22(19-12-10-16(2)11-13-19)26(18(20)4)15-23(27)25-21-9-7-6-8-17(21)3/h6-14H,5,15H2,1-4H3,(H,25,27). The van der Waals surface area contributed by atoms with E-state index in [0.717, 1.165) is 28.1 Å². The Labute approximate surface area is 171 Å². The summed E-state index contributed by atoms with van der Waals surface area (Å²) < 4.78 is 7.06. The van der Waals surface area contributed by atoms with Crippen molar-refractivity contribution in [3.63, 3.8) is 0 Å². The van der Waals surface area contributed by atoms with Gasteiger partial charge in [0.25, 0.3) is 0 Å². The second kappa shape index (κ2) is 8.78. The zero-order chi connectivity index (χ0) is 21.0. The fourth-order valence-electron chi connectivity index (χ4n) is 3.27. The second-order valence-electron chi connectivity index (χ2n) is 7.06. The summed E-state index contributed by atoms with van der Waals surface area (Å²) in [5.74, 6) is -0.529. The average Bonchev–Trinajstić information content (AvgIpc) is 3.01. The van der Waals surface area contributed by atoms with Crippen molar-refractivity contribution in [2.75, 3.05) is 11.9 Å². The summed E-state index contributed by atoms with van der Waals surface area (Å²) in [6.07, 6.45) is 0. The monoisotopic (exact) mass is 390 g/mol. The quantitative estimate of drug-likeness (QED) is 0.609. The smallest absolute Gasteiger partial charge is 0.339 e. The molecule has 0 aliphatic heterocycles. The number of carbonyl (C=O) groups is 2. The molecule has 0 aliphatic carbocycles. The zero-order valence-electron chi connectivity index (χ0n) is 17.3. The number of aromatic nitrogens is 1. The van der Waals surface area contributed by atoms with Gasteiger partial charge in [-0.2, -0.15) is 0 Å². The molecule has 5 nitrogen and oxygen atoms in total. The Balaban J connectivity index is 1.97. The second-order valence-corrected chi connectivity index (χ2v) is 7.06. The number of nitrogens with zero attached hydrogens (tertiary/aromatic N) is 1. The number of benzene rings is 2. The van der Waals surface area contributed by atoms with Gasteiger partial charge in [-0.15, -0.1) is 0 Å². The van der Waals surface area contributed by atoms with Crippen LogP contribution in [0.4, 0.5) is 5.69 Å². The van der Waals surface area contributed by atoms with Gasteiger partial charge < -0.3 is 14.6 Å². The molecule has 1 amide bonds. The molecule has 3 aromatic rings. The van der Waals surface area contributed by atoms with Crippen molar-refractivity contribution in [1.82, 2.24) is 4.57 Å². The number of ether oxygens (including phenoxy) is 1. The van der Waals surface area contributed by atoms with E-state index in [9.17, 15) is 9.59 Å². The Morgan fingerprint density at radius 1 is 1.00 bits per heavy atom. The first kappa shape index (κ1) is 20.4. The maximum atomic E-state index is 12.8. The van der Waals surface area contributed by atoms with Gasteiger partial charge in [0, 0.05) is 17.1 Å². The summed E-state index contributed by atoms with van der Waals surface area (Å²) in [6.45, 7) is 7.99. The zero-order valence-corrected chi connectivity index (χ0v) is 17.3. The lowest BCUT2D eigenvalue weighted by Crippen LogP contribution is -2.21. The Bertz CT molecular complexity index is 1030. The van der Waals surface area contributed by atoms with Crippen LogP contribution >= 0.6 is 0 Å². The van der Waals surface area contributed by atoms with Crippen molar-refractivity contribution in [3.05, 3.63) is 77.0 Å². The molecule has 5 heteroatoms. The number of carbonyl (C=O) groups excluding carboxylic acids is 2. The predicted molar refractivity (Wildman–Crippen MR) is 115 cm³/mol. The molecular formula is C24H26N2O3. The van der Waals surface area contributed by atoms with Crippen LogP contribution in [0.15, 0.2) is 54.6 Å². The molecule has 150 valence electrons. The number of nitrogens with one attached hydrogen (secondary N) is 1. The predicted octanol–water partition coefficient (Wildman–Crippen LogP) is 4.90. The van der Waals surface area contributed by atoms with E-state index in [1.165, 1.54) is 0 Å². The molecule has 0 aliphatic rings. The minimum atomic E-state index is -0.378. The molecule has 29 heavy (non-hydrogen) atoms. The Morgan fingerprint density at radius 2 is 1.69 bits per heavy atom. The molecule has 2 aromatic carbocycles. The SMILES string of the molecule is CCOC(=O)c1cc(-c2ccc(C)cc2)n(CC(=O)Nc2ccccc2C)c1C. The third-order valence-corrected chi connectivity index (χ3v) is 4.93. The van der Waals surface area contributed by atoms with Crippen LogP contribution in [0.3, 0.4) is 0 Å².